The normalized spacial score (nSPS) is 15.5. The smallest absolute Gasteiger partial charge is 0.327 e. The van der Waals surface area contributed by atoms with E-state index in [0.29, 0.717) is 6.42 Å². The van der Waals surface area contributed by atoms with E-state index in [-0.39, 0.29) is 23.3 Å². The Bertz CT molecular complexity index is 560. The van der Waals surface area contributed by atoms with Gasteiger partial charge in [-0.3, -0.25) is 14.4 Å². The van der Waals surface area contributed by atoms with E-state index >= 15 is 0 Å². The number of nitrogens with one attached hydrogen (secondary N) is 3. The summed E-state index contributed by atoms with van der Waals surface area (Å²) in [7, 11) is 0. The predicted octanol–water partition coefficient (Wildman–Crippen LogP) is -0.586. The van der Waals surface area contributed by atoms with E-state index in [1.54, 1.807) is 13.8 Å². The number of carboxylic acid groups (broad SMARTS) is 1. The van der Waals surface area contributed by atoms with Gasteiger partial charge in [-0.05, 0) is 18.3 Å². The van der Waals surface area contributed by atoms with E-state index in [1.165, 1.54) is 0 Å². The molecule has 0 rings (SSSR count). The van der Waals surface area contributed by atoms with Crippen molar-refractivity contribution in [2.24, 2.45) is 17.6 Å². The van der Waals surface area contributed by atoms with Crippen molar-refractivity contribution in [3.63, 3.8) is 0 Å². The average Bonchev–Trinajstić information content (AvgIpc) is 2.61. The largest absolute Gasteiger partial charge is 0.480 e. The summed E-state index contributed by atoms with van der Waals surface area (Å²) in [5.74, 6) is -3.09. The van der Waals surface area contributed by atoms with E-state index in [2.05, 4.69) is 41.2 Å². The van der Waals surface area contributed by atoms with Gasteiger partial charge in [0.2, 0.25) is 17.7 Å². The molecule has 0 heterocycles. The van der Waals surface area contributed by atoms with Gasteiger partial charge in [0.05, 0.1) is 6.04 Å². The number of carboxylic acids is 1. The van der Waals surface area contributed by atoms with Crippen molar-refractivity contribution >= 4 is 48.9 Å². The van der Waals surface area contributed by atoms with Gasteiger partial charge < -0.3 is 26.8 Å². The first kappa shape index (κ1) is 26.5. The first-order chi connectivity index (χ1) is 12.9. The number of aliphatic carboxylic acids is 1. The fraction of sp³-hybridized carbons (Fsp3) is 0.765. The Morgan fingerprint density at radius 3 is 1.79 bits per heavy atom. The Balaban J connectivity index is 5.30. The van der Waals surface area contributed by atoms with Crippen molar-refractivity contribution in [2.75, 3.05) is 11.5 Å². The van der Waals surface area contributed by atoms with Crippen LogP contribution in [0.15, 0.2) is 0 Å². The van der Waals surface area contributed by atoms with E-state index in [4.69, 9.17) is 10.8 Å². The molecule has 0 fully saturated rings. The fourth-order valence-electron chi connectivity index (χ4n) is 2.30. The Hall–Kier alpha value is -1.46. The van der Waals surface area contributed by atoms with Crippen LogP contribution in [0.4, 0.5) is 0 Å². The van der Waals surface area contributed by atoms with Crippen molar-refractivity contribution in [2.45, 2.75) is 58.3 Å². The van der Waals surface area contributed by atoms with Crippen LogP contribution in [-0.4, -0.2) is 64.5 Å². The lowest BCUT2D eigenvalue weighted by molar-refractivity contribution is -0.142. The molecular formula is C17H32N4O5S2. The van der Waals surface area contributed by atoms with E-state index < -0.39 is 47.9 Å². The molecule has 0 aromatic rings. The maximum atomic E-state index is 12.7. The van der Waals surface area contributed by atoms with Crippen molar-refractivity contribution in [1.29, 1.82) is 0 Å². The van der Waals surface area contributed by atoms with E-state index in [0.717, 1.165) is 0 Å². The third kappa shape index (κ3) is 9.16. The van der Waals surface area contributed by atoms with Gasteiger partial charge >= 0.3 is 5.97 Å². The minimum atomic E-state index is -1.22. The maximum Gasteiger partial charge on any atom is 0.327 e. The summed E-state index contributed by atoms with van der Waals surface area (Å²) < 4.78 is 0. The molecule has 162 valence electrons. The Labute approximate surface area is 176 Å². The van der Waals surface area contributed by atoms with Gasteiger partial charge in [0.15, 0.2) is 0 Å². The highest BCUT2D eigenvalue weighted by Gasteiger charge is 2.31. The van der Waals surface area contributed by atoms with Crippen molar-refractivity contribution in [3.05, 3.63) is 0 Å². The second-order valence-corrected chi connectivity index (χ2v) is 8.02. The molecule has 11 heteroatoms. The summed E-state index contributed by atoms with van der Waals surface area (Å²) in [5.41, 5.74) is 5.64. The molecule has 0 aliphatic heterocycles. The molecule has 0 radical (unpaired) electrons. The van der Waals surface area contributed by atoms with Crippen molar-refractivity contribution in [1.82, 2.24) is 16.0 Å². The van der Waals surface area contributed by atoms with Crippen LogP contribution in [0, 0.1) is 11.8 Å². The molecule has 0 aliphatic rings. The molecule has 0 saturated heterocycles. The molecule has 0 aromatic heterocycles. The number of nitrogens with two attached hydrogens (primary N) is 1. The van der Waals surface area contributed by atoms with Crippen LogP contribution < -0.4 is 21.7 Å². The highest BCUT2D eigenvalue weighted by molar-refractivity contribution is 7.80. The van der Waals surface area contributed by atoms with Crippen LogP contribution in [0.5, 0.6) is 0 Å². The first-order valence-corrected chi connectivity index (χ1v) is 10.3. The first-order valence-electron chi connectivity index (χ1n) is 9.05. The van der Waals surface area contributed by atoms with Crippen LogP contribution in [-0.2, 0) is 19.2 Å². The third-order valence-electron chi connectivity index (χ3n) is 3.92. The summed E-state index contributed by atoms with van der Waals surface area (Å²) in [4.78, 5) is 48.4. The molecule has 0 saturated carbocycles. The van der Waals surface area contributed by atoms with Crippen LogP contribution in [0.1, 0.15) is 34.1 Å². The SMILES string of the molecule is CC(C)CC(NC(=O)C(N)CS)C(=O)NC(C(=O)NC(CS)C(=O)O)C(C)C. The molecule has 4 atom stereocenters. The van der Waals surface area contributed by atoms with E-state index in [9.17, 15) is 19.2 Å². The zero-order chi connectivity index (χ0) is 22.0. The van der Waals surface area contributed by atoms with Gasteiger partial charge in [-0.15, -0.1) is 0 Å². The Morgan fingerprint density at radius 2 is 1.39 bits per heavy atom. The maximum absolute atomic E-state index is 12.7. The lowest BCUT2D eigenvalue weighted by atomic mass is 9.99. The second kappa shape index (κ2) is 12.9. The molecule has 0 spiro atoms. The number of rotatable bonds is 12. The third-order valence-corrected chi connectivity index (χ3v) is 4.68. The van der Waals surface area contributed by atoms with Gasteiger partial charge in [0.25, 0.3) is 0 Å². The highest BCUT2D eigenvalue weighted by Crippen LogP contribution is 2.09. The zero-order valence-electron chi connectivity index (χ0n) is 16.6. The van der Waals surface area contributed by atoms with Gasteiger partial charge in [-0.2, -0.15) is 25.3 Å². The van der Waals surface area contributed by atoms with Gasteiger partial charge in [-0.1, -0.05) is 27.7 Å². The van der Waals surface area contributed by atoms with Crippen molar-refractivity contribution < 1.29 is 24.3 Å². The summed E-state index contributed by atoms with van der Waals surface area (Å²) in [6.07, 6.45) is 0.345. The molecule has 4 unspecified atom stereocenters. The molecule has 0 bridgehead atoms. The number of thiol groups is 2. The number of carbonyl (C=O) groups is 4. The molecule has 0 aromatic carbocycles. The van der Waals surface area contributed by atoms with E-state index in [1.807, 2.05) is 13.8 Å². The summed E-state index contributed by atoms with van der Waals surface area (Å²) in [6.45, 7) is 7.21. The quantitative estimate of drug-likeness (QED) is 0.203. The highest BCUT2D eigenvalue weighted by atomic mass is 32.1. The standard InChI is InChI=1S/C17H32N4O5S2/c1-8(2)5-11(19-14(22)10(18)6-27)15(23)21-13(9(3)4)16(24)20-12(7-28)17(25)26/h8-13,27-28H,5-7,18H2,1-4H3,(H,19,22)(H,20,24)(H,21,23)(H,25,26). The topological polar surface area (TPSA) is 151 Å². The number of carbonyl (C=O) groups excluding carboxylic acids is 3. The minimum absolute atomic E-state index is 0.0898. The monoisotopic (exact) mass is 436 g/mol. The van der Waals surface area contributed by atoms with Gasteiger partial charge in [0.1, 0.15) is 18.1 Å². The number of hydrogen-bond donors (Lipinski definition) is 7. The summed E-state index contributed by atoms with van der Waals surface area (Å²) in [6, 6.07) is -3.89. The second-order valence-electron chi connectivity index (χ2n) is 7.29. The molecule has 6 N–H and O–H groups in total. The summed E-state index contributed by atoms with van der Waals surface area (Å²) in [5, 5.41) is 16.6. The lowest BCUT2D eigenvalue weighted by Gasteiger charge is -2.27. The molecule has 0 aliphatic carbocycles. The number of hydrogen-bond acceptors (Lipinski definition) is 7. The predicted molar refractivity (Wildman–Crippen MR) is 113 cm³/mol. The molecule has 3 amide bonds. The van der Waals surface area contributed by atoms with Crippen LogP contribution in [0.2, 0.25) is 0 Å². The van der Waals surface area contributed by atoms with Gasteiger partial charge in [0, 0.05) is 11.5 Å². The Morgan fingerprint density at radius 1 is 0.857 bits per heavy atom. The zero-order valence-corrected chi connectivity index (χ0v) is 18.4. The van der Waals surface area contributed by atoms with Crippen LogP contribution in [0.3, 0.4) is 0 Å². The van der Waals surface area contributed by atoms with Crippen LogP contribution >= 0.6 is 25.3 Å². The molecular weight excluding hydrogens is 404 g/mol. The Kier molecular flexibility index (Phi) is 12.2. The minimum Gasteiger partial charge on any atom is -0.480 e. The lowest BCUT2D eigenvalue weighted by Crippen LogP contribution is -2.59. The average molecular weight is 437 g/mol. The van der Waals surface area contributed by atoms with Crippen LogP contribution in [0.25, 0.3) is 0 Å². The van der Waals surface area contributed by atoms with Crippen molar-refractivity contribution in [3.8, 4) is 0 Å². The molecule has 28 heavy (non-hydrogen) atoms. The fourth-order valence-corrected chi connectivity index (χ4v) is 2.71. The molecule has 9 nitrogen and oxygen atoms in total. The number of amides is 3. The van der Waals surface area contributed by atoms with Gasteiger partial charge in [-0.25, -0.2) is 4.79 Å². The summed E-state index contributed by atoms with van der Waals surface area (Å²) >= 11 is 7.88.